The standard InChI is InChI=1S/C15H24ClN3O/c1-4-9-20-14-10-11(2)17-15(18-14)19-7-5-13(6-8-19)12(3)16/h10,12-13H,4-9H2,1-3H3. The Labute approximate surface area is 126 Å². The number of rotatable bonds is 5. The van der Waals surface area contributed by atoms with Gasteiger partial charge in [-0.25, -0.2) is 4.98 Å². The van der Waals surface area contributed by atoms with Crippen LogP contribution >= 0.6 is 11.6 Å². The fourth-order valence-corrected chi connectivity index (χ4v) is 2.76. The van der Waals surface area contributed by atoms with Crippen molar-refractivity contribution in [1.82, 2.24) is 9.97 Å². The van der Waals surface area contributed by atoms with Crippen molar-refractivity contribution < 1.29 is 4.74 Å². The smallest absolute Gasteiger partial charge is 0.228 e. The number of aryl methyl sites for hydroxylation is 1. The Morgan fingerprint density at radius 2 is 2.10 bits per heavy atom. The van der Waals surface area contributed by atoms with Crippen molar-refractivity contribution in [1.29, 1.82) is 0 Å². The topological polar surface area (TPSA) is 38.2 Å². The molecule has 1 aliphatic rings. The molecule has 2 rings (SSSR count). The van der Waals surface area contributed by atoms with Gasteiger partial charge in [-0.15, -0.1) is 11.6 Å². The first-order valence-electron chi connectivity index (χ1n) is 7.47. The van der Waals surface area contributed by atoms with Crippen LogP contribution in [0.3, 0.4) is 0 Å². The largest absolute Gasteiger partial charge is 0.478 e. The second-order valence-electron chi connectivity index (χ2n) is 5.50. The summed E-state index contributed by atoms with van der Waals surface area (Å²) in [5, 5.41) is 0.249. The third-order valence-corrected chi connectivity index (χ3v) is 4.10. The lowest BCUT2D eigenvalue weighted by Gasteiger charge is -2.33. The molecule has 0 amide bonds. The van der Waals surface area contributed by atoms with Crippen LogP contribution in [0.25, 0.3) is 0 Å². The van der Waals surface area contributed by atoms with Crippen LogP contribution in [0.4, 0.5) is 5.95 Å². The number of piperidine rings is 1. The van der Waals surface area contributed by atoms with Crippen molar-refractivity contribution in [2.45, 2.75) is 45.4 Å². The van der Waals surface area contributed by atoms with Crippen molar-refractivity contribution >= 4 is 17.5 Å². The van der Waals surface area contributed by atoms with Crippen LogP contribution in [0.5, 0.6) is 5.88 Å². The normalized spacial score (nSPS) is 18.1. The number of hydrogen-bond donors (Lipinski definition) is 0. The van der Waals surface area contributed by atoms with Gasteiger partial charge in [0.05, 0.1) is 6.61 Å². The summed E-state index contributed by atoms with van der Waals surface area (Å²) in [6.45, 7) is 8.80. The summed E-state index contributed by atoms with van der Waals surface area (Å²) in [5.41, 5.74) is 0.953. The Morgan fingerprint density at radius 3 is 2.70 bits per heavy atom. The first kappa shape index (κ1) is 15.4. The van der Waals surface area contributed by atoms with E-state index in [4.69, 9.17) is 16.3 Å². The number of halogens is 1. The van der Waals surface area contributed by atoms with Crippen LogP contribution in [0.15, 0.2) is 6.07 Å². The maximum absolute atomic E-state index is 6.19. The fourth-order valence-electron chi connectivity index (χ4n) is 2.51. The minimum atomic E-state index is 0.249. The van der Waals surface area contributed by atoms with Crippen LogP contribution in [0.1, 0.15) is 38.8 Å². The van der Waals surface area contributed by atoms with E-state index in [-0.39, 0.29) is 5.38 Å². The van der Waals surface area contributed by atoms with E-state index in [0.29, 0.717) is 18.4 Å². The van der Waals surface area contributed by atoms with Gasteiger partial charge in [0.2, 0.25) is 11.8 Å². The average Bonchev–Trinajstić information content (AvgIpc) is 2.44. The zero-order valence-corrected chi connectivity index (χ0v) is 13.4. The molecule has 0 aromatic carbocycles. The zero-order valence-electron chi connectivity index (χ0n) is 12.6. The van der Waals surface area contributed by atoms with E-state index in [2.05, 4.69) is 28.7 Å². The molecule has 0 bridgehead atoms. The van der Waals surface area contributed by atoms with Gasteiger partial charge in [-0.3, -0.25) is 0 Å². The number of nitrogens with zero attached hydrogens (tertiary/aromatic N) is 3. The summed E-state index contributed by atoms with van der Waals surface area (Å²) in [5.74, 6) is 2.08. The molecular formula is C15H24ClN3O. The van der Waals surface area contributed by atoms with E-state index in [9.17, 15) is 0 Å². The predicted molar refractivity (Wildman–Crippen MR) is 82.8 cm³/mol. The lowest BCUT2D eigenvalue weighted by atomic mass is 9.94. The van der Waals surface area contributed by atoms with Gasteiger partial charge >= 0.3 is 0 Å². The summed E-state index contributed by atoms with van der Waals surface area (Å²) < 4.78 is 5.63. The number of alkyl halides is 1. The van der Waals surface area contributed by atoms with Gasteiger partial charge in [-0.2, -0.15) is 4.98 Å². The lowest BCUT2D eigenvalue weighted by molar-refractivity contribution is 0.304. The minimum Gasteiger partial charge on any atom is -0.478 e. The molecule has 1 atom stereocenters. The fraction of sp³-hybridized carbons (Fsp3) is 0.733. The van der Waals surface area contributed by atoms with Crippen LogP contribution in [-0.4, -0.2) is 35.0 Å². The quantitative estimate of drug-likeness (QED) is 0.781. The maximum Gasteiger partial charge on any atom is 0.228 e. The van der Waals surface area contributed by atoms with Gasteiger partial charge in [0.25, 0.3) is 0 Å². The molecular weight excluding hydrogens is 274 g/mol. The van der Waals surface area contributed by atoms with E-state index in [1.165, 1.54) is 0 Å². The maximum atomic E-state index is 6.19. The summed E-state index contributed by atoms with van der Waals surface area (Å²) >= 11 is 6.19. The minimum absolute atomic E-state index is 0.249. The van der Waals surface area contributed by atoms with E-state index in [1.807, 2.05) is 13.0 Å². The molecule has 2 heterocycles. The summed E-state index contributed by atoms with van der Waals surface area (Å²) in [6, 6.07) is 1.90. The molecule has 1 aliphatic heterocycles. The Kier molecular flexibility index (Phi) is 5.46. The Hall–Kier alpha value is -1.03. The highest BCUT2D eigenvalue weighted by atomic mass is 35.5. The monoisotopic (exact) mass is 297 g/mol. The molecule has 112 valence electrons. The van der Waals surface area contributed by atoms with Gasteiger partial charge in [-0.05, 0) is 39.0 Å². The SMILES string of the molecule is CCCOc1cc(C)nc(N2CCC(C(C)Cl)CC2)n1. The van der Waals surface area contributed by atoms with Crippen LogP contribution < -0.4 is 9.64 Å². The van der Waals surface area contributed by atoms with Gasteiger partial charge in [0.1, 0.15) is 0 Å². The Bertz CT molecular complexity index is 431. The number of aromatic nitrogens is 2. The molecule has 5 heteroatoms. The highest BCUT2D eigenvalue weighted by molar-refractivity contribution is 6.20. The van der Waals surface area contributed by atoms with Crippen molar-refractivity contribution in [3.05, 3.63) is 11.8 Å². The Balaban J connectivity index is 2.03. The molecule has 0 aliphatic carbocycles. The van der Waals surface area contributed by atoms with E-state index in [0.717, 1.165) is 44.0 Å². The molecule has 0 radical (unpaired) electrons. The lowest BCUT2D eigenvalue weighted by Crippen LogP contribution is -2.37. The second-order valence-corrected chi connectivity index (χ2v) is 6.19. The van der Waals surface area contributed by atoms with Gasteiger partial charge in [0, 0.05) is 30.2 Å². The first-order chi connectivity index (χ1) is 9.60. The summed E-state index contributed by atoms with van der Waals surface area (Å²) in [7, 11) is 0. The van der Waals surface area contributed by atoms with Gasteiger partial charge in [-0.1, -0.05) is 6.92 Å². The molecule has 1 aromatic rings. The highest BCUT2D eigenvalue weighted by Gasteiger charge is 2.24. The second kappa shape index (κ2) is 7.11. The Morgan fingerprint density at radius 1 is 1.40 bits per heavy atom. The third-order valence-electron chi connectivity index (χ3n) is 3.75. The third kappa shape index (κ3) is 3.98. The van der Waals surface area contributed by atoms with E-state index in [1.54, 1.807) is 0 Å². The highest BCUT2D eigenvalue weighted by Crippen LogP contribution is 2.26. The number of hydrogen-bond acceptors (Lipinski definition) is 4. The molecule has 1 saturated heterocycles. The molecule has 4 nitrogen and oxygen atoms in total. The molecule has 0 N–H and O–H groups in total. The van der Waals surface area contributed by atoms with Crippen molar-refractivity contribution in [3.63, 3.8) is 0 Å². The zero-order chi connectivity index (χ0) is 14.5. The summed E-state index contributed by atoms with van der Waals surface area (Å²) in [4.78, 5) is 11.3. The summed E-state index contributed by atoms with van der Waals surface area (Å²) in [6.07, 6.45) is 3.19. The van der Waals surface area contributed by atoms with Crippen LogP contribution in [0.2, 0.25) is 0 Å². The van der Waals surface area contributed by atoms with Crippen molar-refractivity contribution in [3.8, 4) is 5.88 Å². The number of ether oxygens (including phenoxy) is 1. The molecule has 1 fully saturated rings. The molecule has 0 saturated carbocycles. The van der Waals surface area contributed by atoms with Crippen molar-refractivity contribution in [2.75, 3.05) is 24.6 Å². The first-order valence-corrected chi connectivity index (χ1v) is 7.91. The average molecular weight is 298 g/mol. The van der Waals surface area contributed by atoms with Gasteiger partial charge < -0.3 is 9.64 Å². The number of anilines is 1. The van der Waals surface area contributed by atoms with Crippen LogP contribution in [-0.2, 0) is 0 Å². The molecule has 1 aromatic heterocycles. The predicted octanol–water partition coefficient (Wildman–Crippen LogP) is 3.42. The van der Waals surface area contributed by atoms with E-state index >= 15 is 0 Å². The molecule has 20 heavy (non-hydrogen) atoms. The van der Waals surface area contributed by atoms with Crippen LogP contribution in [0, 0.1) is 12.8 Å². The van der Waals surface area contributed by atoms with Gasteiger partial charge in [0.15, 0.2) is 0 Å². The van der Waals surface area contributed by atoms with Crippen molar-refractivity contribution in [2.24, 2.45) is 5.92 Å². The molecule has 0 spiro atoms. The molecule has 1 unspecified atom stereocenters. The van der Waals surface area contributed by atoms with E-state index < -0.39 is 0 Å².